The minimum absolute atomic E-state index is 0.150. The van der Waals surface area contributed by atoms with Crippen molar-refractivity contribution in [2.75, 3.05) is 0 Å². The summed E-state index contributed by atoms with van der Waals surface area (Å²) in [5, 5.41) is 0. The van der Waals surface area contributed by atoms with Gasteiger partial charge in [-0.25, -0.2) is 0 Å². The van der Waals surface area contributed by atoms with Crippen LogP contribution < -0.4 is 5.73 Å². The molecule has 0 radical (unpaired) electrons. The summed E-state index contributed by atoms with van der Waals surface area (Å²) in [6.07, 6.45) is 9.03. The molecule has 0 heterocycles. The Balaban J connectivity index is 2.35. The Morgan fingerprint density at radius 1 is 1.26 bits per heavy atom. The second-order valence-corrected chi connectivity index (χ2v) is 5.57. The molecule has 19 heavy (non-hydrogen) atoms. The molecule has 0 amide bonds. The minimum atomic E-state index is 0.150. The van der Waals surface area contributed by atoms with Crippen molar-refractivity contribution in [1.29, 1.82) is 0 Å². The minimum Gasteiger partial charge on any atom is -0.398 e. The summed E-state index contributed by atoms with van der Waals surface area (Å²) >= 11 is 0. The molecular weight excluding hydrogens is 230 g/mol. The van der Waals surface area contributed by atoms with Gasteiger partial charge in [0.25, 0.3) is 0 Å². The van der Waals surface area contributed by atoms with Crippen molar-refractivity contribution < 1.29 is 0 Å². The van der Waals surface area contributed by atoms with E-state index in [9.17, 15) is 0 Å². The number of allylic oxidation sites excluding steroid dienone is 4. The van der Waals surface area contributed by atoms with Gasteiger partial charge in [0.2, 0.25) is 0 Å². The molecule has 98 valence electrons. The monoisotopic (exact) mass is 251 g/mol. The highest BCUT2D eigenvalue weighted by atomic mass is 14.6. The third-order valence-electron chi connectivity index (χ3n) is 4.74. The van der Waals surface area contributed by atoms with Crippen LogP contribution in [0.2, 0.25) is 0 Å². The molecule has 2 aliphatic rings. The van der Waals surface area contributed by atoms with Gasteiger partial charge < -0.3 is 5.73 Å². The first-order chi connectivity index (χ1) is 9.24. The van der Waals surface area contributed by atoms with Crippen LogP contribution in [0.5, 0.6) is 0 Å². The zero-order chi connectivity index (χ0) is 13.5. The normalized spacial score (nSPS) is 24.8. The summed E-state index contributed by atoms with van der Waals surface area (Å²) in [5.74, 6) is 0. The fourth-order valence-corrected chi connectivity index (χ4v) is 3.99. The molecule has 0 unspecified atom stereocenters. The van der Waals surface area contributed by atoms with E-state index in [1.807, 2.05) is 6.08 Å². The first kappa shape index (κ1) is 12.3. The Morgan fingerprint density at radius 2 is 1.95 bits per heavy atom. The molecule has 0 aromatic heterocycles. The van der Waals surface area contributed by atoms with Crippen molar-refractivity contribution in [3.8, 4) is 0 Å². The molecule has 0 aliphatic heterocycles. The lowest BCUT2D eigenvalue weighted by Crippen LogP contribution is -2.23. The SMILES string of the molecule is C=C/C(N)=C1\C(=C/C)c2ccccc2C12CCCC2. The average Bonchev–Trinajstić information content (AvgIpc) is 3.03. The highest BCUT2D eigenvalue weighted by Crippen LogP contribution is 2.58. The number of fused-ring (bicyclic) bond motifs is 2. The molecule has 1 aromatic rings. The maximum atomic E-state index is 6.30. The van der Waals surface area contributed by atoms with Crippen molar-refractivity contribution in [2.45, 2.75) is 38.0 Å². The zero-order valence-electron chi connectivity index (χ0n) is 11.6. The van der Waals surface area contributed by atoms with Gasteiger partial charge in [0, 0.05) is 11.1 Å². The van der Waals surface area contributed by atoms with Crippen molar-refractivity contribution in [2.24, 2.45) is 5.73 Å². The topological polar surface area (TPSA) is 26.0 Å². The average molecular weight is 251 g/mol. The van der Waals surface area contributed by atoms with Crippen molar-refractivity contribution in [3.05, 3.63) is 65.4 Å². The number of benzene rings is 1. The number of hydrogen-bond donors (Lipinski definition) is 1. The molecule has 1 heteroatoms. The Labute approximate surface area is 115 Å². The quantitative estimate of drug-likeness (QED) is 0.790. The number of nitrogens with two attached hydrogens (primary N) is 1. The van der Waals surface area contributed by atoms with Gasteiger partial charge in [-0.1, -0.05) is 49.8 Å². The molecule has 0 saturated heterocycles. The highest BCUT2D eigenvalue weighted by Gasteiger charge is 2.47. The van der Waals surface area contributed by atoms with Crippen LogP contribution in [-0.2, 0) is 5.41 Å². The van der Waals surface area contributed by atoms with E-state index in [0.717, 1.165) is 5.70 Å². The van der Waals surface area contributed by atoms with Crippen LogP contribution in [-0.4, -0.2) is 0 Å². The van der Waals surface area contributed by atoms with E-state index in [2.05, 4.69) is 43.8 Å². The molecule has 1 saturated carbocycles. The van der Waals surface area contributed by atoms with Crippen molar-refractivity contribution in [3.63, 3.8) is 0 Å². The standard InChI is InChI=1S/C18H21N/c1-3-13-14-9-5-6-10-15(14)18(11-7-8-12-18)17(13)16(19)4-2/h3-6,9-10H,2,7-8,11-12,19H2,1H3/b13-3-,17-16-. The van der Waals surface area contributed by atoms with Crippen LogP contribution >= 0.6 is 0 Å². The van der Waals surface area contributed by atoms with Crippen molar-refractivity contribution >= 4 is 5.57 Å². The van der Waals surface area contributed by atoms with E-state index in [0.29, 0.717) is 0 Å². The number of rotatable bonds is 1. The van der Waals surface area contributed by atoms with E-state index in [1.54, 1.807) is 0 Å². The highest BCUT2D eigenvalue weighted by molar-refractivity contribution is 5.91. The molecular formula is C18H21N. The summed E-state index contributed by atoms with van der Waals surface area (Å²) in [5.41, 5.74) is 12.8. The third kappa shape index (κ3) is 1.54. The lowest BCUT2D eigenvalue weighted by atomic mass is 9.75. The second kappa shape index (κ2) is 4.41. The van der Waals surface area contributed by atoms with E-state index >= 15 is 0 Å². The molecule has 3 rings (SSSR count). The second-order valence-electron chi connectivity index (χ2n) is 5.57. The molecule has 2 aliphatic carbocycles. The maximum Gasteiger partial charge on any atom is 0.0355 e. The van der Waals surface area contributed by atoms with Gasteiger partial charge in [-0.15, -0.1) is 0 Å². The first-order valence-electron chi connectivity index (χ1n) is 7.14. The van der Waals surface area contributed by atoms with Crippen LogP contribution in [0.1, 0.15) is 43.7 Å². The largest absolute Gasteiger partial charge is 0.398 e. The Hall–Kier alpha value is -1.76. The fraction of sp³-hybridized carbons (Fsp3) is 0.333. The van der Waals surface area contributed by atoms with Gasteiger partial charge >= 0.3 is 0 Å². The van der Waals surface area contributed by atoms with Crippen LogP contribution in [0.15, 0.2) is 54.3 Å². The molecule has 0 bridgehead atoms. The molecule has 1 aromatic carbocycles. The lowest BCUT2D eigenvalue weighted by Gasteiger charge is -2.28. The Bertz CT molecular complexity index is 583. The first-order valence-corrected chi connectivity index (χ1v) is 7.14. The lowest BCUT2D eigenvalue weighted by molar-refractivity contribution is 0.546. The van der Waals surface area contributed by atoms with E-state index in [4.69, 9.17) is 5.73 Å². The van der Waals surface area contributed by atoms with Gasteiger partial charge in [0.1, 0.15) is 0 Å². The Morgan fingerprint density at radius 3 is 2.58 bits per heavy atom. The zero-order valence-corrected chi connectivity index (χ0v) is 11.6. The van der Waals surface area contributed by atoms with Crippen LogP contribution in [0, 0.1) is 0 Å². The maximum absolute atomic E-state index is 6.30. The van der Waals surface area contributed by atoms with Gasteiger partial charge in [0.15, 0.2) is 0 Å². The predicted octanol–water partition coefficient (Wildman–Crippen LogP) is 4.31. The summed E-state index contributed by atoms with van der Waals surface area (Å²) in [4.78, 5) is 0. The third-order valence-corrected chi connectivity index (χ3v) is 4.74. The van der Waals surface area contributed by atoms with Gasteiger partial charge in [0.05, 0.1) is 0 Å². The summed E-state index contributed by atoms with van der Waals surface area (Å²) < 4.78 is 0. The summed E-state index contributed by atoms with van der Waals surface area (Å²) in [6, 6.07) is 8.79. The van der Waals surface area contributed by atoms with Gasteiger partial charge in [-0.05, 0) is 48.1 Å². The molecule has 0 atom stereocenters. The van der Waals surface area contributed by atoms with Crippen molar-refractivity contribution in [1.82, 2.24) is 0 Å². The van der Waals surface area contributed by atoms with Gasteiger partial charge in [-0.3, -0.25) is 0 Å². The van der Waals surface area contributed by atoms with Gasteiger partial charge in [-0.2, -0.15) is 0 Å². The Kier molecular flexibility index (Phi) is 2.85. The predicted molar refractivity (Wildman–Crippen MR) is 81.6 cm³/mol. The fourth-order valence-electron chi connectivity index (χ4n) is 3.99. The molecule has 1 spiro atoms. The van der Waals surface area contributed by atoms with Crippen LogP contribution in [0.4, 0.5) is 0 Å². The van der Waals surface area contributed by atoms with E-state index < -0.39 is 0 Å². The summed E-state index contributed by atoms with van der Waals surface area (Å²) in [6.45, 7) is 5.99. The number of hydrogen-bond acceptors (Lipinski definition) is 1. The molecule has 2 N–H and O–H groups in total. The van der Waals surface area contributed by atoms with Crippen LogP contribution in [0.3, 0.4) is 0 Å². The molecule has 1 fully saturated rings. The summed E-state index contributed by atoms with van der Waals surface area (Å²) in [7, 11) is 0. The van der Waals surface area contributed by atoms with E-state index in [-0.39, 0.29) is 5.41 Å². The molecule has 1 nitrogen and oxygen atoms in total. The van der Waals surface area contributed by atoms with E-state index in [1.165, 1.54) is 48.0 Å². The smallest absolute Gasteiger partial charge is 0.0355 e. The van der Waals surface area contributed by atoms with Crippen LogP contribution in [0.25, 0.3) is 5.57 Å².